The van der Waals surface area contributed by atoms with Crippen LogP contribution in [0.4, 0.5) is 0 Å². The second-order valence-electron chi connectivity index (χ2n) is 23.0. The van der Waals surface area contributed by atoms with E-state index in [9.17, 15) is 33.6 Å². The number of ketones is 1. The first-order valence-corrected chi connectivity index (χ1v) is 28.2. The molecule has 8 rings (SSSR count). The lowest BCUT2D eigenvalue weighted by Crippen LogP contribution is -2.59. The molecule has 79 heavy (non-hydrogen) atoms. The molecule has 0 saturated carbocycles. The summed E-state index contributed by atoms with van der Waals surface area (Å²) in [6, 6.07) is 26.0. The summed E-state index contributed by atoms with van der Waals surface area (Å²) in [7, 11) is 3.36. The van der Waals surface area contributed by atoms with Crippen LogP contribution in [-0.4, -0.2) is 103 Å². The Labute approximate surface area is 465 Å². The summed E-state index contributed by atoms with van der Waals surface area (Å²) in [5.41, 5.74) is 5.94. The fourth-order valence-corrected chi connectivity index (χ4v) is 11.5. The maximum atomic E-state index is 14.6. The third-order valence-electron chi connectivity index (χ3n) is 16.4. The highest BCUT2D eigenvalue weighted by molar-refractivity contribution is 5.97. The van der Waals surface area contributed by atoms with E-state index in [2.05, 4.69) is 55.4 Å². The molecule has 0 spiro atoms. The Kier molecular flexibility index (Phi) is 19.2. The van der Waals surface area contributed by atoms with Crippen LogP contribution >= 0.6 is 0 Å². The van der Waals surface area contributed by atoms with Crippen molar-refractivity contribution in [2.24, 2.45) is 17.3 Å². The Bertz CT molecular complexity index is 2860. The maximum Gasteiger partial charge on any atom is 0.251 e. The van der Waals surface area contributed by atoms with Crippen LogP contribution in [0.2, 0.25) is 0 Å². The van der Waals surface area contributed by atoms with E-state index in [1.54, 1.807) is 40.1 Å². The highest BCUT2D eigenvalue weighted by atomic mass is 16.5. The molecule has 6 amide bonds. The number of likely N-dealkylation sites (tertiary alicyclic amines) is 1. The van der Waals surface area contributed by atoms with E-state index < -0.39 is 59.4 Å². The van der Waals surface area contributed by atoms with Crippen LogP contribution in [0.3, 0.4) is 0 Å². The number of aryl methyl sites for hydroxylation is 2. The van der Waals surface area contributed by atoms with Crippen molar-refractivity contribution in [3.63, 3.8) is 0 Å². The third kappa shape index (κ3) is 14.4. The summed E-state index contributed by atoms with van der Waals surface area (Å²) in [4.78, 5) is 99.4. The van der Waals surface area contributed by atoms with Crippen molar-refractivity contribution in [2.45, 2.75) is 154 Å². The number of allylic oxidation sites excluding steroid dienone is 2. The highest BCUT2D eigenvalue weighted by Crippen LogP contribution is 2.35. The molecule has 1 saturated heterocycles. The molecule has 4 aromatic rings. The number of nitrogens with one attached hydrogen (secondary N) is 7. The van der Waals surface area contributed by atoms with Gasteiger partial charge in [-0.1, -0.05) is 106 Å². The number of Topliss-reactive ketones (excluding diaryl/α,β-unsaturated/α-hetero) is 1. The van der Waals surface area contributed by atoms with E-state index in [0.717, 1.165) is 60.8 Å². The molecular weight excluding hydrogens is 997 g/mol. The topological polar surface area (TPSA) is 216 Å². The number of carbonyl (C=O) groups is 7. The zero-order valence-corrected chi connectivity index (χ0v) is 46.9. The molecule has 3 aliphatic carbocycles. The third-order valence-corrected chi connectivity index (χ3v) is 16.4. The lowest BCUT2D eigenvalue weighted by molar-refractivity contribution is -0.144. The summed E-state index contributed by atoms with van der Waals surface area (Å²) < 4.78 is 6.16. The van der Waals surface area contributed by atoms with Gasteiger partial charge in [-0.3, -0.25) is 33.6 Å². The average Bonchev–Trinajstić information content (AvgIpc) is 4.06. The molecule has 16 nitrogen and oxygen atoms in total. The van der Waals surface area contributed by atoms with Gasteiger partial charge in [0.25, 0.3) is 5.91 Å². The molecular formula is C63H80N8O8. The number of likely N-dealkylation sites (N-methyl/N-ethyl adjacent to an activating group) is 2. The summed E-state index contributed by atoms with van der Waals surface area (Å²) in [5.74, 6) is -2.62. The molecule has 0 bridgehead atoms. The van der Waals surface area contributed by atoms with E-state index in [4.69, 9.17) is 4.74 Å². The Balaban J connectivity index is 0.893. The van der Waals surface area contributed by atoms with Crippen molar-refractivity contribution >= 4 is 41.2 Å². The number of carbonyl (C=O) groups excluding carboxylic acids is 7. The lowest BCUT2D eigenvalue weighted by atomic mass is 9.76. The van der Waals surface area contributed by atoms with Gasteiger partial charge in [-0.25, -0.2) is 0 Å². The van der Waals surface area contributed by atoms with E-state index in [0.29, 0.717) is 24.2 Å². The molecule has 4 aliphatic rings. The molecule has 10 atom stereocenters. The molecule has 7 N–H and O–H groups in total. The predicted molar refractivity (Wildman–Crippen MR) is 304 cm³/mol. The van der Waals surface area contributed by atoms with Gasteiger partial charge < -0.3 is 46.9 Å². The molecule has 1 fully saturated rings. The molecule has 1 aliphatic heterocycles. The van der Waals surface area contributed by atoms with E-state index in [1.165, 1.54) is 16.0 Å². The van der Waals surface area contributed by atoms with Crippen molar-refractivity contribution in [1.82, 2.24) is 42.1 Å². The van der Waals surface area contributed by atoms with Crippen LogP contribution in [0, 0.1) is 17.3 Å². The zero-order valence-electron chi connectivity index (χ0n) is 46.9. The number of nitrogens with zero attached hydrogens (tertiary/aromatic N) is 1. The predicted octanol–water partition coefficient (Wildman–Crippen LogP) is 6.28. The van der Waals surface area contributed by atoms with Gasteiger partial charge in [-0.15, -0.1) is 0 Å². The SMILES string of the molecule is CNC(C)C(=O)NC(Cc1ccc(OCc2ccc(C(=O)N[C@H]3C[C@@H](C(=O)N[C@@H]4CCCc5ccccc54)N(C(=O)C(NC(=O)C(C)NC)C(C)(C)C)C3)cc2)cc1)C(=O)[C@H]1CC=CC[C@@H]1C(=O)N[C@@H]1CCCc2ccccc21. The standard InChI is InChI=1S/C63H80N8O8/c1-38(64-6)57(73)69-53(55(72)49-22-12-13-23-50(49)60(76)67-51-24-14-18-42-16-8-10-20-47(42)51)34-40-28-32-46(33-29-40)79-37-41-26-30-44(31-27-41)59(75)66-45-35-54(61(77)68-52-25-15-19-43-17-9-11-21-48(43)52)71(36-45)62(78)56(63(3,4)5)70-58(74)39(2)65-7/h8-13,16-17,20-21,26-33,38-39,45,49-54,56,64-65H,14-15,18-19,22-25,34-37H2,1-7H3,(H,66,75)(H,67,76)(H,68,77)(H,69,73)(H,70,74)/t38?,39?,45-,49-,50-,51+,52+,53?,54-,56?/m0/s1. The quantitative estimate of drug-likeness (QED) is 0.0492. The summed E-state index contributed by atoms with van der Waals surface area (Å²) in [6.45, 7) is 9.34. The minimum Gasteiger partial charge on any atom is -0.489 e. The van der Waals surface area contributed by atoms with Crippen molar-refractivity contribution in [1.29, 1.82) is 0 Å². The van der Waals surface area contributed by atoms with Crippen molar-refractivity contribution in [3.05, 3.63) is 148 Å². The van der Waals surface area contributed by atoms with Gasteiger partial charge in [0, 0.05) is 24.1 Å². The first-order chi connectivity index (χ1) is 37.9. The van der Waals surface area contributed by atoms with Crippen LogP contribution in [0.25, 0.3) is 0 Å². The zero-order chi connectivity index (χ0) is 56.4. The smallest absolute Gasteiger partial charge is 0.251 e. The Morgan fingerprint density at radius 3 is 1.77 bits per heavy atom. The van der Waals surface area contributed by atoms with E-state index in [1.807, 2.05) is 99.7 Å². The van der Waals surface area contributed by atoms with Crippen LogP contribution < -0.4 is 42.0 Å². The Hall–Kier alpha value is -7.17. The molecule has 1 heterocycles. The fourth-order valence-electron chi connectivity index (χ4n) is 11.5. The maximum absolute atomic E-state index is 14.6. The van der Waals surface area contributed by atoms with Gasteiger partial charge in [0.05, 0.1) is 36.1 Å². The molecule has 16 heteroatoms. The van der Waals surface area contributed by atoms with Crippen LogP contribution in [-0.2, 0) is 54.6 Å². The van der Waals surface area contributed by atoms with Gasteiger partial charge >= 0.3 is 0 Å². The average molecular weight is 1080 g/mol. The minimum absolute atomic E-state index is 0.0770. The molecule has 4 aromatic carbocycles. The van der Waals surface area contributed by atoms with Crippen LogP contribution in [0.1, 0.15) is 135 Å². The minimum atomic E-state index is -0.941. The van der Waals surface area contributed by atoms with Crippen LogP contribution in [0.15, 0.2) is 109 Å². The number of ether oxygens (including phenoxy) is 1. The molecule has 0 aromatic heterocycles. The number of amides is 6. The highest BCUT2D eigenvalue weighted by Gasteiger charge is 2.46. The largest absolute Gasteiger partial charge is 0.489 e. The number of hydrogen-bond donors (Lipinski definition) is 7. The summed E-state index contributed by atoms with van der Waals surface area (Å²) in [6.07, 6.45) is 10.6. The first-order valence-electron chi connectivity index (χ1n) is 28.2. The lowest BCUT2D eigenvalue weighted by Gasteiger charge is -2.36. The van der Waals surface area contributed by atoms with E-state index >= 15 is 0 Å². The van der Waals surface area contributed by atoms with Gasteiger partial charge in [-0.2, -0.15) is 0 Å². The molecule has 420 valence electrons. The second-order valence-corrected chi connectivity index (χ2v) is 23.0. The van der Waals surface area contributed by atoms with Crippen molar-refractivity contribution < 1.29 is 38.3 Å². The molecule has 4 unspecified atom stereocenters. The van der Waals surface area contributed by atoms with Crippen LogP contribution in [0.5, 0.6) is 5.75 Å². The number of fused-ring (bicyclic) bond motifs is 2. The monoisotopic (exact) mass is 1080 g/mol. The Morgan fingerprint density at radius 1 is 0.646 bits per heavy atom. The number of rotatable bonds is 20. The van der Waals surface area contributed by atoms with Gasteiger partial charge in [-0.05, 0) is 155 Å². The summed E-state index contributed by atoms with van der Waals surface area (Å²) in [5, 5.41) is 21.4. The Morgan fingerprint density at radius 2 is 1.19 bits per heavy atom. The van der Waals surface area contributed by atoms with Gasteiger partial charge in [0.1, 0.15) is 24.4 Å². The number of benzene rings is 4. The van der Waals surface area contributed by atoms with Gasteiger partial charge in [0.2, 0.25) is 29.5 Å². The van der Waals surface area contributed by atoms with E-state index in [-0.39, 0.29) is 73.4 Å². The van der Waals surface area contributed by atoms with Crippen molar-refractivity contribution in [2.75, 3.05) is 20.6 Å². The second kappa shape index (κ2) is 26.2. The number of hydrogen-bond acceptors (Lipinski definition) is 10. The normalized spacial score (nSPS) is 22.1. The van der Waals surface area contributed by atoms with Crippen molar-refractivity contribution in [3.8, 4) is 5.75 Å². The fraction of sp³-hybridized carbons (Fsp3) is 0.476. The first kappa shape index (κ1) is 58.0. The molecule has 0 radical (unpaired) electrons. The summed E-state index contributed by atoms with van der Waals surface area (Å²) >= 11 is 0. The van der Waals surface area contributed by atoms with Gasteiger partial charge in [0.15, 0.2) is 5.78 Å².